The molecule has 16 heavy (non-hydrogen) atoms. The fraction of sp³-hybridized carbons (Fsp3) is 0.917. The van der Waals surface area contributed by atoms with Crippen LogP contribution in [0.3, 0.4) is 0 Å². The molecule has 2 saturated heterocycles. The van der Waals surface area contributed by atoms with Gasteiger partial charge in [-0.1, -0.05) is 13.3 Å². The van der Waals surface area contributed by atoms with Crippen molar-refractivity contribution >= 4 is 5.91 Å². The van der Waals surface area contributed by atoms with Gasteiger partial charge in [0.25, 0.3) is 5.91 Å². The zero-order valence-corrected chi connectivity index (χ0v) is 10.1. The van der Waals surface area contributed by atoms with Crippen LogP contribution in [0, 0.1) is 5.92 Å². The fourth-order valence-electron chi connectivity index (χ4n) is 2.50. The smallest absolute Gasteiger partial charge is 0.263 e. The first-order valence-corrected chi connectivity index (χ1v) is 6.49. The highest BCUT2D eigenvalue weighted by atomic mass is 16.7. The molecular weight excluding hydrogens is 204 g/mol. The van der Waals surface area contributed by atoms with Crippen LogP contribution in [0.25, 0.3) is 0 Å². The number of carbonyl (C=O) groups excluding carboxylic acids is 1. The van der Waals surface area contributed by atoms with Crippen LogP contribution < -0.4 is 5.32 Å². The van der Waals surface area contributed by atoms with Gasteiger partial charge in [-0.25, -0.2) is 5.06 Å². The van der Waals surface area contributed by atoms with Crippen LogP contribution in [0.1, 0.15) is 39.0 Å². The lowest BCUT2D eigenvalue weighted by Gasteiger charge is -2.34. The molecule has 4 heteroatoms. The molecule has 0 aromatic heterocycles. The van der Waals surface area contributed by atoms with E-state index in [9.17, 15) is 4.79 Å². The molecule has 0 saturated carbocycles. The monoisotopic (exact) mass is 226 g/mol. The Balaban J connectivity index is 1.87. The Morgan fingerprint density at radius 1 is 1.50 bits per heavy atom. The van der Waals surface area contributed by atoms with Gasteiger partial charge in [0.2, 0.25) is 0 Å². The normalized spacial score (nSPS) is 31.4. The van der Waals surface area contributed by atoms with Crippen LogP contribution in [-0.4, -0.2) is 36.7 Å². The van der Waals surface area contributed by atoms with Gasteiger partial charge in [-0.2, -0.15) is 0 Å². The predicted molar refractivity (Wildman–Crippen MR) is 61.7 cm³/mol. The summed E-state index contributed by atoms with van der Waals surface area (Å²) < 4.78 is 0. The van der Waals surface area contributed by atoms with Gasteiger partial charge in [0.1, 0.15) is 0 Å². The summed E-state index contributed by atoms with van der Waals surface area (Å²) in [5, 5.41) is 4.88. The molecule has 2 unspecified atom stereocenters. The molecule has 0 aliphatic carbocycles. The fourth-order valence-corrected chi connectivity index (χ4v) is 2.50. The number of carbonyl (C=O) groups is 1. The molecule has 2 aliphatic rings. The minimum absolute atomic E-state index is 0.0169. The summed E-state index contributed by atoms with van der Waals surface area (Å²) in [6.07, 6.45) is 5.47. The van der Waals surface area contributed by atoms with E-state index in [1.165, 1.54) is 12.8 Å². The van der Waals surface area contributed by atoms with Crippen molar-refractivity contribution in [2.24, 2.45) is 5.92 Å². The van der Waals surface area contributed by atoms with Gasteiger partial charge in [0.15, 0.2) is 0 Å². The number of piperidine rings is 1. The summed E-state index contributed by atoms with van der Waals surface area (Å²) in [7, 11) is 0. The first-order chi connectivity index (χ1) is 7.81. The van der Waals surface area contributed by atoms with Crippen LogP contribution in [0.15, 0.2) is 0 Å². The largest absolute Gasteiger partial charge is 0.306 e. The van der Waals surface area contributed by atoms with Crippen LogP contribution in [0.2, 0.25) is 0 Å². The molecule has 4 nitrogen and oxygen atoms in total. The number of hydrogen-bond donors (Lipinski definition) is 1. The lowest BCUT2D eigenvalue weighted by atomic mass is 9.90. The Morgan fingerprint density at radius 3 is 3.06 bits per heavy atom. The Bertz CT molecular complexity index is 239. The topological polar surface area (TPSA) is 41.6 Å². The van der Waals surface area contributed by atoms with Crippen LogP contribution in [0.5, 0.6) is 0 Å². The second-order valence-electron chi connectivity index (χ2n) is 4.79. The van der Waals surface area contributed by atoms with Crippen LogP contribution >= 0.6 is 0 Å². The van der Waals surface area contributed by atoms with E-state index < -0.39 is 0 Å². The van der Waals surface area contributed by atoms with Crippen LogP contribution in [0.4, 0.5) is 0 Å². The second kappa shape index (κ2) is 5.64. The first-order valence-electron chi connectivity index (χ1n) is 6.49. The molecular formula is C12H22N2O2. The average molecular weight is 226 g/mol. The van der Waals surface area contributed by atoms with Crippen molar-refractivity contribution in [2.45, 2.75) is 45.1 Å². The van der Waals surface area contributed by atoms with E-state index in [1.54, 1.807) is 5.06 Å². The summed E-state index contributed by atoms with van der Waals surface area (Å²) in [6, 6.07) is -0.0169. The van der Waals surface area contributed by atoms with Crippen molar-refractivity contribution in [1.29, 1.82) is 0 Å². The third-order valence-corrected chi connectivity index (χ3v) is 3.64. The van der Waals surface area contributed by atoms with Crippen molar-refractivity contribution in [3.8, 4) is 0 Å². The molecule has 0 bridgehead atoms. The van der Waals surface area contributed by atoms with Crippen molar-refractivity contribution in [3.05, 3.63) is 0 Å². The molecule has 2 fully saturated rings. The number of nitrogens with one attached hydrogen (secondary N) is 1. The SMILES string of the molecule is CCC1CCNC(C(=O)N2CCCCO2)C1. The summed E-state index contributed by atoms with van der Waals surface area (Å²) in [6.45, 7) is 4.61. The third-order valence-electron chi connectivity index (χ3n) is 3.64. The van der Waals surface area contributed by atoms with Crippen molar-refractivity contribution < 1.29 is 9.63 Å². The Hall–Kier alpha value is -0.610. The Morgan fingerprint density at radius 2 is 2.38 bits per heavy atom. The highest BCUT2D eigenvalue weighted by Gasteiger charge is 2.30. The van der Waals surface area contributed by atoms with Gasteiger partial charge < -0.3 is 5.32 Å². The van der Waals surface area contributed by atoms with Crippen molar-refractivity contribution in [3.63, 3.8) is 0 Å². The summed E-state index contributed by atoms with van der Waals surface area (Å²) in [4.78, 5) is 17.6. The van der Waals surface area contributed by atoms with E-state index in [4.69, 9.17) is 4.84 Å². The molecule has 2 heterocycles. The van der Waals surface area contributed by atoms with Crippen molar-refractivity contribution in [1.82, 2.24) is 10.4 Å². The minimum atomic E-state index is -0.0169. The number of nitrogens with zero attached hydrogens (tertiary/aromatic N) is 1. The van der Waals surface area contributed by atoms with Gasteiger partial charge in [0, 0.05) is 6.54 Å². The van der Waals surface area contributed by atoms with E-state index in [2.05, 4.69) is 12.2 Å². The summed E-state index contributed by atoms with van der Waals surface area (Å²) in [5.41, 5.74) is 0. The second-order valence-corrected chi connectivity index (χ2v) is 4.79. The molecule has 92 valence electrons. The third kappa shape index (κ3) is 2.74. The highest BCUT2D eigenvalue weighted by molar-refractivity contribution is 5.81. The van der Waals surface area contributed by atoms with E-state index in [0.29, 0.717) is 12.5 Å². The average Bonchev–Trinajstić information content (AvgIpc) is 2.39. The predicted octanol–water partition coefficient (Wildman–Crippen LogP) is 1.32. The summed E-state index contributed by atoms with van der Waals surface area (Å²) in [5.74, 6) is 0.831. The van der Waals surface area contributed by atoms with E-state index >= 15 is 0 Å². The zero-order chi connectivity index (χ0) is 11.4. The lowest BCUT2D eigenvalue weighted by Crippen LogP contribution is -2.51. The maximum absolute atomic E-state index is 12.2. The number of amides is 1. The van der Waals surface area contributed by atoms with Gasteiger partial charge >= 0.3 is 0 Å². The molecule has 1 amide bonds. The molecule has 1 N–H and O–H groups in total. The van der Waals surface area contributed by atoms with Crippen LogP contribution in [-0.2, 0) is 9.63 Å². The van der Waals surface area contributed by atoms with Gasteiger partial charge in [-0.3, -0.25) is 9.63 Å². The van der Waals surface area contributed by atoms with Gasteiger partial charge in [-0.05, 0) is 38.1 Å². The molecule has 0 radical (unpaired) electrons. The standard InChI is InChI=1S/C12H22N2O2/c1-2-10-5-6-13-11(9-10)12(15)14-7-3-4-8-16-14/h10-11,13H,2-9H2,1H3. The minimum Gasteiger partial charge on any atom is -0.306 e. The Kier molecular flexibility index (Phi) is 4.18. The molecule has 2 aliphatic heterocycles. The molecule has 0 aromatic carbocycles. The van der Waals surface area contributed by atoms with E-state index in [0.717, 1.165) is 32.4 Å². The molecule has 0 spiro atoms. The number of hydrogen-bond acceptors (Lipinski definition) is 3. The Labute approximate surface area is 97.3 Å². The molecule has 2 atom stereocenters. The zero-order valence-electron chi connectivity index (χ0n) is 10.1. The van der Waals surface area contributed by atoms with Gasteiger partial charge in [0.05, 0.1) is 12.6 Å². The number of rotatable bonds is 2. The highest BCUT2D eigenvalue weighted by Crippen LogP contribution is 2.21. The van der Waals surface area contributed by atoms with Crippen molar-refractivity contribution in [2.75, 3.05) is 19.7 Å². The van der Waals surface area contributed by atoms with E-state index in [-0.39, 0.29) is 11.9 Å². The first kappa shape index (κ1) is 11.9. The quantitative estimate of drug-likeness (QED) is 0.772. The maximum atomic E-state index is 12.2. The molecule has 2 rings (SSSR count). The van der Waals surface area contributed by atoms with Gasteiger partial charge in [-0.15, -0.1) is 0 Å². The summed E-state index contributed by atoms with van der Waals surface area (Å²) >= 11 is 0. The maximum Gasteiger partial charge on any atom is 0.263 e. The van der Waals surface area contributed by atoms with E-state index in [1.807, 2.05) is 0 Å². The lowest BCUT2D eigenvalue weighted by molar-refractivity contribution is -0.200. The number of hydroxylamine groups is 2. The molecule has 0 aromatic rings.